The lowest BCUT2D eigenvalue weighted by Gasteiger charge is -2.33. The zero-order valence-corrected chi connectivity index (χ0v) is 24.9. The summed E-state index contributed by atoms with van der Waals surface area (Å²) in [6.45, 7) is -0.990. The molecule has 1 unspecified atom stereocenters. The predicted molar refractivity (Wildman–Crippen MR) is 151 cm³/mol. The van der Waals surface area contributed by atoms with Crippen LogP contribution in [0.5, 0.6) is 5.88 Å². The fourth-order valence-electron chi connectivity index (χ4n) is 7.53. The number of aromatic nitrogens is 4. The van der Waals surface area contributed by atoms with E-state index in [1.165, 1.54) is 4.52 Å². The van der Waals surface area contributed by atoms with Gasteiger partial charge in [-0.15, -0.1) is 0 Å². The van der Waals surface area contributed by atoms with Crippen LogP contribution in [-0.2, 0) is 4.79 Å². The van der Waals surface area contributed by atoms with Gasteiger partial charge in [-0.05, 0) is 85.4 Å². The van der Waals surface area contributed by atoms with Crippen LogP contribution >= 0.6 is 0 Å². The highest BCUT2D eigenvalue weighted by atomic mass is 19.3. The van der Waals surface area contributed by atoms with Crippen LogP contribution in [-0.4, -0.2) is 56.2 Å². The van der Waals surface area contributed by atoms with E-state index < -0.39 is 48.4 Å². The Morgan fingerprint density at radius 1 is 1.04 bits per heavy atom. The van der Waals surface area contributed by atoms with E-state index in [0.29, 0.717) is 37.0 Å². The highest BCUT2D eigenvalue weighted by Crippen LogP contribution is 2.59. The molecule has 10 nitrogen and oxygen atoms in total. The van der Waals surface area contributed by atoms with E-state index in [9.17, 15) is 31.5 Å². The Morgan fingerprint density at radius 3 is 2.46 bits per heavy atom. The number of amides is 2. The lowest BCUT2D eigenvalue weighted by Crippen LogP contribution is -2.37. The fraction of sp³-hybridized carbons (Fsp3) is 0.645. The lowest BCUT2D eigenvalue weighted by atomic mass is 9.80. The summed E-state index contributed by atoms with van der Waals surface area (Å²) in [5.41, 5.74) is 0.285. The van der Waals surface area contributed by atoms with Crippen molar-refractivity contribution in [3.8, 4) is 5.88 Å². The molecule has 3 aromatic heterocycles. The van der Waals surface area contributed by atoms with Gasteiger partial charge in [-0.25, -0.2) is 31.5 Å². The lowest BCUT2D eigenvalue weighted by molar-refractivity contribution is -0.123. The zero-order valence-electron chi connectivity index (χ0n) is 24.9. The molecular formula is C31H35F5N6O4. The number of carbonyl (C=O) groups is 2. The molecule has 2 N–H and O–H groups in total. The van der Waals surface area contributed by atoms with E-state index in [0.717, 1.165) is 24.7 Å². The molecule has 3 atom stereocenters. The van der Waals surface area contributed by atoms with Crippen molar-refractivity contribution < 1.29 is 40.8 Å². The molecule has 5 fully saturated rings. The largest absolute Gasteiger partial charge is 0.469 e. The van der Waals surface area contributed by atoms with Gasteiger partial charge in [0.05, 0.1) is 30.2 Å². The molecule has 0 spiro atoms. The first-order chi connectivity index (χ1) is 22.0. The van der Waals surface area contributed by atoms with Crippen molar-refractivity contribution in [2.24, 2.45) is 23.7 Å². The number of halogens is 5. The number of rotatable bonds is 12. The average Bonchev–Trinajstić information content (AvgIpc) is 3.29. The standard InChI is InChI=1S/C31H35F5N6O4/c32-23(33)15-45-29-21(14-46-41-29)28(44)40-27(17-3-5-31(35,36)6-4-17)22-13-42-24(38-22)7-19(12-37-42)26(16-1-2-16)39-25(43)8-18-9-30(34)10-20(18)11-30/h7,12-14,16-18,20,23,26-27H,1-6,8-11,15H2,(H,39,43)(H,40,44)/t18?,20?,26-,27+,30?/m1/s1. The summed E-state index contributed by atoms with van der Waals surface area (Å²) in [7, 11) is 0. The van der Waals surface area contributed by atoms with Crippen LogP contribution in [0.25, 0.3) is 5.65 Å². The Hall–Kier alpha value is -3.78. The molecule has 8 rings (SSSR count). The van der Waals surface area contributed by atoms with Crippen molar-refractivity contribution in [3.05, 3.63) is 41.5 Å². The predicted octanol–water partition coefficient (Wildman–Crippen LogP) is 5.75. The molecule has 3 heterocycles. The zero-order chi connectivity index (χ0) is 32.2. The quantitative estimate of drug-likeness (QED) is 0.239. The number of fused-ring (bicyclic) bond motifs is 2. The van der Waals surface area contributed by atoms with Crippen molar-refractivity contribution in [3.63, 3.8) is 0 Å². The van der Waals surface area contributed by atoms with Gasteiger partial charge in [0.2, 0.25) is 11.8 Å². The minimum absolute atomic E-state index is 0.0666. The number of nitrogens with zero attached hydrogens (tertiary/aromatic N) is 4. The summed E-state index contributed by atoms with van der Waals surface area (Å²) >= 11 is 0. The van der Waals surface area contributed by atoms with Crippen molar-refractivity contribution in [1.29, 1.82) is 0 Å². The Balaban J connectivity index is 1.11. The minimum Gasteiger partial charge on any atom is -0.469 e. The second kappa shape index (κ2) is 11.8. The minimum atomic E-state index is -2.81. The number of nitrogens with one attached hydrogen (secondary N) is 2. The number of hydrogen-bond acceptors (Lipinski definition) is 7. The van der Waals surface area contributed by atoms with Crippen LogP contribution in [0.4, 0.5) is 22.0 Å². The van der Waals surface area contributed by atoms with E-state index >= 15 is 0 Å². The molecule has 5 aliphatic rings. The first kappa shape index (κ1) is 30.9. The first-order valence-corrected chi connectivity index (χ1v) is 15.8. The van der Waals surface area contributed by atoms with Gasteiger partial charge in [0.1, 0.15) is 17.5 Å². The number of ether oxygens (including phenoxy) is 1. The van der Waals surface area contributed by atoms with Crippen LogP contribution in [0.15, 0.2) is 29.2 Å². The van der Waals surface area contributed by atoms with Crippen molar-refractivity contribution in [1.82, 2.24) is 30.4 Å². The number of alkyl halides is 5. The molecule has 3 aromatic rings. The third-order valence-corrected chi connectivity index (χ3v) is 10.1. The van der Waals surface area contributed by atoms with E-state index in [1.807, 2.05) is 6.07 Å². The Bertz CT molecular complexity index is 1590. The smallest absolute Gasteiger partial charge is 0.272 e. The van der Waals surface area contributed by atoms with Crippen LogP contribution in [0.1, 0.15) is 97.9 Å². The molecule has 5 aliphatic carbocycles. The van der Waals surface area contributed by atoms with Crippen molar-refractivity contribution in [2.45, 2.75) is 94.3 Å². The van der Waals surface area contributed by atoms with Crippen LogP contribution < -0.4 is 15.4 Å². The summed E-state index contributed by atoms with van der Waals surface area (Å²) in [6.07, 6.45) is 4.70. The number of carbonyl (C=O) groups excluding carboxylic acids is 2. The number of hydrogen-bond donors (Lipinski definition) is 2. The van der Waals surface area contributed by atoms with E-state index in [-0.39, 0.29) is 60.9 Å². The third kappa shape index (κ3) is 6.41. The SMILES string of the molecule is O=C(CC1CC2(F)CC1C2)N[C@@H](c1cnn2cc([C@@H](NC(=O)c3conc3OCC(F)F)C3CCC(F)(F)CC3)nc2c1)C1CC1. The monoisotopic (exact) mass is 650 g/mol. The average molecular weight is 651 g/mol. The molecule has 2 bridgehead atoms. The molecule has 0 aromatic carbocycles. The Labute approximate surface area is 260 Å². The molecular weight excluding hydrogens is 615 g/mol. The molecule has 46 heavy (non-hydrogen) atoms. The highest BCUT2D eigenvalue weighted by Gasteiger charge is 2.57. The summed E-state index contributed by atoms with van der Waals surface area (Å²) in [5.74, 6) is -3.87. The van der Waals surface area contributed by atoms with Gasteiger partial charge in [-0.1, -0.05) is 0 Å². The Morgan fingerprint density at radius 2 is 1.78 bits per heavy atom. The van der Waals surface area contributed by atoms with Gasteiger partial charge in [0.15, 0.2) is 12.3 Å². The maximum absolute atomic E-state index is 14.4. The molecule has 5 saturated carbocycles. The van der Waals surface area contributed by atoms with Crippen molar-refractivity contribution in [2.75, 3.05) is 6.61 Å². The second-order valence-corrected chi connectivity index (χ2v) is 13.5. The van der Waals surface area contributed by atoms with Crippen LogP contribution in [0.2, 0.25) is 0 Å². The van der Waals surface area contributed by atoms with Crippen LogP contribution in [0, 0.1) is 23.7 Å². The summed E-state index contributed by atoms with van der Waals surface area (Å²) < 4.78 is 79.1. The second-order valence-electron chi connectivity index (χ2n) is 13.5. The maximum atomic E-state index is 14.4. The summed E-state index contributed by atoms with van der Waals surface area (Å²) in [4.78, 5) is 31.1. The molecule has 248 valence electrons. The van der Waals surface area contributed by atoms with E-state index in [4.69, 9.17) is 14.2 Å². The molecule has 2 amide bonds. The summed E-state index contributed by atoms with van der Waals surface area (Å²) in [5, 5.41) is 14.0. The summed E-state index contributed by atoms with van der Waals surface area (Å²) in [6, 6.07) is 0.715. The Kier molecular flexibility index (Phi) is 7.90. The van der Waals surface area contributed by atoms with Gasteiger partial charge in [-0.3, -0.25) is 9.59 Å². The van der Waals surface area contributed by atoms with E-state index in [2.05, 4.69) is 20.9 Å². The molecule has 15 heteroatoms. The third-order valence-electron chi connectivity index (χ3n) is 10.1. The highest BCUT2D eigenvalue weighted by molar-refractivity contribution is 5.96. The maximum Gasteiger partial charge on any atom is 0.272 e. The fourth-order valence-corrected chi connectivity index (χ4v) is 7.53. The molecule has 0 radical (unpaired) electrons. The van der Waals surface area contributed by atoms with Gasteiger partial charge in [-0.2, -0.15) is 5.10 Å². The van der Waals surface area contributed by atoms with Gasteiger partial charge >= 0.3 is 0 Å². The van der Waals surface area contributed by atoms with Gasteiger partial charge in [0.25, 0.3) is 18.2 Å². The van der Waals surface area contributed by atoms with Crippen molar-refractivity contribution >= 4 is 17.5 Å². The molecule has 0 saturated heterocycles. The van der Waals surface area contributed by atoms with Gasteiger partial charge in [0, 0.05) is 19.3 Å². The first-order valence-electron chi connectivity index (χ1n) is 15.8. The topological polar surface area (TPSA) is 124 Å². The number of imidazole rings is 1. The molecule has 0 aliphatic heterocycles. The normalized spacial score (nSPS) is 26.9. The van der Waals surface area contributed by atoms with Crippen LogP contribution in [0.3, 0.4) is 0 Å². The van der Waals surface area contributed by atoms with E-state index in [1.54, 1.807) is 12.4 Å². The van der Waals surface area contributed by atoms with Gasteiger partial charge < -0.3 is 19.9 Å².